The first-order valence-corrected chi connectivity index (χ1v) is 14.2. The fraction of sp³-hybridized carbons (Fsp3) is 0. The fourth-order valence-corrected chi connectivity index (χ4v) is 6.07. The molecule has 6 aromatic carbocycles. The zero-order chi connectivity index (χ0) is 28.3. The van der Waals surface area contributed by atoms with Crippen molar-refractivity contribution in [2.75, 3.05) is 0 Å². The van der Waals surface area contributed by atoms with Crippen molar-refractivity contribution in [1.82, 2.24) is 19.9 Å². The number of aromatic nitrogens is 4. The number of para-hydroxylation sites is 1. The Kier molecular flexibility index (Phi) is 5.13. The standard InChI is InChI=1S/C38H22N4O/c1-2-9-26-19-27(17-13-23(26)7-1)36-40-37(28-18-16-25-15-14-24-8-3-4-10-29(24)31(25)20-28)42-38(41-36)32-21-39-22-34-35(32)30-11-5-6-12-33(30)43-34/h1-22H. The van der Waals surface area contributed by atoms with Crippen LogP contribution in [0.5, 0.6) is 0 Å². The highest BCUT2D eigenvalue weighted by Crippen LogP contribution is 2.36. The molecular weight excluding hydrogens is 528 g/mol. The predicted octanol–water partition coefficient (Wildman–Crippen LogP) is 9.63. The van der Waals surface area contributed by atoms with E-state index >= 15 is 0 Å². The van der Waals surface area contributed by atoms with Gasteiger partial charge in [-0.1, -0.05) is 103 Å². The molecule has 3 heterocycles. The first-order valence-electron chi connectivity index (χ1n) is 14.2. The van der Waals surface area contributed by atoms with E-state index in [1.807, 2.05) is 36.5 Å². The molecule has 5 heteroatoms. The van der Waals surface area contributed by atoms with Gasteiger partial charge in [0.25, 0.3) is 0 Å². The third-order valence-electron chi connectivity index (χ3n) is 8.18. The highest BCUT2D eigenvalue weighted by atomic mass is 16.3. The van der Waals surface area contributed by atoms with Crippen LogP contribution in [0.25, 0.3) is 88.4 Å². The molecule has 0 spiro atoms. The van der Waals surface area contributed by atoms with Crippen LogP contribution in [0.1, 0.15) is 0 Å². The van der Waals surface area contributed by atoms with Crippen LogP contribution in [-0.4, -0.2) is 19.9 Å². The summed E-state index contributed by atoms with van der Waals surface area (Å²) < 4.78 is 6.15. The second-order valence-corrected chi connectivity index (χ2v) is 10.7. The Morgan fingerprint density at radius 1 is 0.419 bits per heavy atom. The lowest BCUT2D eigenvalue weighted by Gasteiger charge is -2.11. The fourth-order valence-electron chi connectivity index (χ4n) is 6.07. The van der Waals surface area contributed by atoms with E-state index in [2.05, 4.69) is 96.0 Å². The SMILES string of the molecule is c1ccc2cc(-c3nc(-c4ccc5ccc6ccccc6c5c4)nc(-c4cncc5oc6ccccc6c45)n3)ccc2c1. The maximum atomic E-state index is 6.15. The molecular formula is C38H22N4O. The summed E-state index contributed by atoms with van der Waals surface area (Å²) in [4.78, 5) is 19.7. The molecule has 0 bridgehead atoms. The van der Waals surface area contributed by atoms with Crippen LogP contribution in [0.2, 0.25) is 0 Å². The van der Waals surface area contributed by atoms with Crippen molar-refractivity contribution in [3.05, 3.63) is 134 Å². The summed E-state index contributed by atoms with van der Waals surface area (Å²) in [6.45, 7) is 0. The molecule has 9 aromatic rings. The number of furan rings is 1. The normalized spacial score (nSPS) is 11.7. The number of nitrogens with zero attached hydrogens (tertiary/aromatic N) is 4. The zero-order valence-electron chi connectivity index (χ0n) is 22.9. The number of hydrogen-bond donors (Lipinski definition) is 0. The molecule has 0 unspecified atom stereocenters. The van der Waals surface area contributed by atoms with Crippen molar-refractivity contribution >= 4 is 54.3 Å². The third-order valence-corrected chi connectivity index (χ3v) is 8.18. The lowest BCUT2D eigenvalue weighted by molar-refractivity contribution is 0.667. The minimum Gasteiger partial charge on any atom is -0.454 e. The van der Waals surface area contributed by atoms with E-state index in [0.717, 1.165) is 43.8 Å². The third kappa shape index (κ3) is 3.86. The maximum absolute atomic E-state index is 6.15. The molecule has 0 fully saturated rings. The smallest absolute Gasteiger partial charge is 0.166 e. The van der Waals surface area contributed by atoms with Gasteiger partial charge < -0.3 is 4.42 Å². The van der Waals surface area contributed by atoms with Gasteiger partial charge in [-0.25, -0.2) is 15.0 Å². The van der Waals surface area contributed by atoms with Gasteiger partial charge in [-0.05, 0) is 50.5 Å². The molecule has 43 heavy (non-hydrogen) atoms. The Bertz CT molecular complexity index is 2530. The van der Waals surface area contributed by atoms with E-state index in [1.54, 1.807) is 6.20 Å². The zero-order valence-corrected chi connectivity index (χ0v) is 22.9. The van der Waals surface area contributed by atoms with Crippen molar-refractivity contribution in [2.24, 2.45) is 0 Å². The van der Waals surface area contributed by atoms with Gasteiger partial charge >= 0.3 is 0 Å². The van der Waals surface area contributed by atoms with Crippen LogP contribution in [-0.2, 0) is 0 Å². The molecule has 0 N–H and O–H groups in total. The van der Waals surface area contributed by atoms with Crippen molar-refractivity contribution in [3.63, 3.8) is 0 Å². The molecule has 0 amide bonds. The molecule has 0 atom stereocenters. The number of fused-ring (bicyclic) bond motifs is 7. The Balaban J connectivity index is 1.32. The molecule has 200 valence electrons. The maximum Gasteiger partial charge on any atom is 0.166 e. The molecule has 3 aromatic heterocycles. The van der Waals surface area contributed by atoms with E-state index in [-0.39, 0.29) is 0 Å². The van der Waals surface area contributed by atoms with Crippen molar-refractivity contribution in [1.29, 1.82) is 0 Å². The predicted molar refractivity (Wildman–Crippen MR) is 174 cm³/mol. The summed E-state index contributed by atoms with van der Waals surface area (Å²) in [6.07, 6.45) is 3.57. The van der Waals surface area contributed by atoms with Crippen molar-refractivity contribution < 1.29 is 4.42 Å². The van der Waals surface area contributed by atoms with Gasteiger partial charge in [0.15, 0.2) is 23.1 Å². The Hall–Kier alpha value is -5.94. The van der Waals surface area contributed by atoms with Gasteiger partial charge in [-0.2, -0.15) is 0 Å². The van der Waals surface area contributed by atoms with E-state index in [4.69, 9.17) is 19.4 Å². The van der Waals surface area contributed by atoms with Crippen LogP contribution >= 0.6 is 0 Å². The quantitative estimate of drug-likeness (QED) is 0.205. The van der Waals surface area contributed by atoms with Crippen LogP contribution in [0.3, 0.4) is 0 Å². The van der Waals surface area contributed by atoms with Gasteiger partial charge in [0, 0.05) is 33.7 Å². The average Bonchev–Trinajstić information content (AvgIpc) is 3.46. The number of pyridine rings is 1. The first kappa shape index (κ1) is 23.7. The molecule has 0 aliphatic heterocycles. The van der Waals surface area contributed by atoms with E-state index < -0.39 is 0 Å². The van der Waals surface area contributed by atoms with Crippen LogP contribution < -0.4 is 0 Å². The molecule has 0 saturated heterocycles. The highest BCUT2D eigenvalue weighted by molar-refractivity contribution is 6.11. The van der Waals surface area contributed by atoms with Crippen LogP contribution in [0.4, 0.5) is 0 Å². The minimum atomic E-state index is 0.552. The largest absolute Gasteiger partial charge is 0.454 e. The van der Waals surface area contributed by atoms with Crippen LogP contribution in [0.15, 0.2) is 138 Å². The lowest BCUT2D eigenvalue weighted by Crippen LogP contribution is -2.01. The number of rotatable bonds is 3. The molecule has 0 radical (unpaired) electrons. The topological polar surface area (TPSA) is 64.7 Å². The number of benzene rings is 6. The Morgan fingerprint density at radius 3 is 1.86 bits per heavy atom. The van der Waals surface area contributed by atoms with E-state index in [0.29, 0.717) is 23.1 Å². The molecule has 0 aliphatic carbocycles. The summed E-state index contributed by atoms with van der Waals surface area (Å²) in [5.41, 5.74) is 4.15. The van der Waals surface area contributed by atoms with E-state index in [1.165, 1.54) is 21.5 Å². The van der Waals surface area contributed by atoms with E-state index in [9.17, 15) is 0 Å². The Morgan fingerprint density at radius 2 is 1.02 bits per heavy atom. The average molecular weight is 551 g/mol. The highest BCUT2D eigenvalue weighted by Gasteiger charge is 2.18. The summed E-state index contributed by atoms with van der Waals surface area (Å²) >= 11 is 0. The summed E-state index contributed by atoms with van der Waals surface area (Å²) in [7, 11) is 0. The first-order chi connectivity index (χ1) is 21.3. The molecule has 0 aliphatic rings. The van der Waals surface area contributed by atoms with Gasteiger partial charge in [0.2, 0.25) is 0 Å². The summed E-state index contributed by atoms with van der Waals surface area (Å²) in [5, 5.41) is 8.97. The second kappa shape index (κ2) is 9.29. The lowest BCUT2D eigenvalue weighted by atomic mass is 9.99. The summed E-state index contributed by atoms with van der Waals surface area (Å²) in [6, 6.07) is 41.9. The Labute approximate surface area is 246 Å². The second-order valence-electron chi connectivity index (χ2n) is 10.7. The van der Waals surface area contributed by atoms with Gasteiger partial charge in [-0.15, -0.1) is 0 Å². The molecule has 9 rings (SSSR count). The van der Waals surface area contributed by atoms with Gasteiger partial charge in [-0.3, -0.25) is 4.98 Å². The van der Waals surface area contributed by atoms with Crippen molar-refractivity contribution in [2.45, 2.75) is 0 Å². The summed E-state index contributed by atoms with van der Waals surface area (Å²) in [5.74, 6) is 1.76. The minimum absolute atomic E-state index is 0.552. The molecule has 5 nitrogen and oxygen atoms in total. The van der Waals surface area contributed by atoms with Crippen molar-refractivity contribution in [3.8, 4) is 34.2 Å². The van der Waals surface area contributed by atoms with Crippen LogP contribution in [0, 0.1) is 0 Å². The monoisotopic (exact) mass is 550 g/mol. The molecule has 0 saturated carbocycles. The van der Waals surface area contributed by atoms with Gasteiger partial charge in [0.1, 0.15) is 5.58 Å². The van der Waals surface area contributed by atoms with Gasteiger partial charge in [0.05, 0.1) is 6.20 Å². The number of hydrogen-bond acceptors (Lipinski definition) is 5.